The number of hydrogen-bond donors (Lipinski definition) is 0. The van der Waals surface area contributed by atoms with E-state index in [1.54, 1.807) is 0 Å². The average molecular weight is 647 g/mol. The molecule has 5 nitrogen and oxygen atoms in total. The predicted molar refractivity (Wildman–Crippen MR) is 161 cm³/mol. The van der Waals surface area contributed by atoms with Gasteiger partial charge in [0, 0.05) is 22.0 Å². The van der Waals surface area contributed by atoms with Gasteiger partial charge in [0.15, 0.2) is 5.41 Å². The van der Waals surface area contributed by atoms with Gasteiger partial charge in [-0.2, -0.15) is 0 Å². The van der Waals surface area contributed by atoms with Crippen LogP contribution < -0.4 is 0 Å². The smallest absolute Gasteiger partial charge is 0.323 e. The molecule has 0 saturated carbocycles. The van der Waals surface area contributed by atoms with E-state index >= 15 is 0 Å². The highest BCUT2D eigenvalue weighted by Crippen LogP contribution is 2.36. The summed E-state index contributed by atoms with van der Waals surface area (Å²) in [6, 6.07) is 16.3. The molecule has 0 unspecified atom stereocenters. The summed E-state index contributed by atoms with van der Waals surface area (Å²) in [5.41, 5.74) is 2.80. The van der Waals surface area contributed by atoms with Gasteiger partial charge in [0.1, 0.15) is 0 Å². The summed E-state index contributed by atoms with van der Waals surface area (Å²) in [5, 5.41) is 0. The molecule has 38 heavy (non-hydrogen) atoms. The maximum atomic E-state index is 13.2. The van der Waals surface area contributed by atoms with Crippen LogP contribution in [-0.4, -0.2) is 50.7 Å². The van der Waals surface area contributed by atoms with Crippen LogP contribution in [-0.2, 0) is 19.1 Å². The van der Waals surface area contributed by atoms with E-state index in [4.69, 9.17) is 9.47 Å². The Morgan fingerprint density at radius 1 is 0.763 bits per heavy atom. The number of unbranched alkanes of at least 4 members (excludes halogenated alkanes) is 3. The number of allylic oxidation sites excluding steroid dienone is 2. The van der Waals surface area contributed by atoms with E-state index in [9.17, 15) is 9.59 Å². The molecule has 2 aromatic carbocycles. The molecular weight excluding hydrogens is 610 g/mol. The number of methoxy groups -OCH3 is 2. The molecule has 0 radical (unpaired) electrons. The zero-order chi connectivity index (χ0) is 27.5. The number of rotatable bonds is 9. The molecule has 0 amide bonds. The number of carbonyl (C=O) groups excluding carboxylic acids is 2. The Bertz CT molecular complexity index is 1050. The Balaban J connectivity index is 2.12. The number of halogens is 2. The van der Waals surface area contributed by atoms with Crippen LogP contribution in [0.1, 0.15) is 56.6 Å². The minimum atomic E-state index is -1.46. The molecule has 3 rings (SSSR count). The van der Waals surface area contributed by atoms with Crippen molar-refractivity contribution in [1.29, 1.82) is 0 Å². The summed E-state index contributed by atoms with van der Waals surface area (Å²) in [7, 11) is 2.64. The molecule has 204 valence electrons. The second-order valence-electron chi connectivity index (χ2n) is 9.72. The summed E-state index contributed by atoms with van der Waals surface area (Å²) >= 11 is 7.06. The van der Waals surface area contributed by atoms with Crippen molar-refractivity contribution >= 4 is 54.9 Å². The first-order valence-corrected chi connectivity index (χ1v) is 14.7. The molecule has 0 N–H and O–H groups in total. The SMILES string of the molecule is CCCCCCN1C/C(c2ccc(Br)cc2)=C\CC(C(=O)OC)(C(=O)OC)C/C=C(/c2ccc(Br)cc2)C1. The Morgan fingerprint density at radius 3 is 1.61 bits per heavy atom. The maximum Gasteiger partial charge on any atom is 0.323 e. The van der Waals surface area contributed by atoms with E-state index in [0.29, 0.717) is 13.1 Å². The van der Waals surface area contributed by atoms with Gasteiger partial charge in [-0.25, -0.2) is 0 Å². The zero-order valence-electron chi connectivity index (χ0n) is 22.5. The Morgan fingerprint density at radius 2 is 1.21 bits per heavy atom. The van der Waals surface area contributed by atoms with Crippen LogP contribution in [0.5, 0.6) is 0 Å². The second-order valence-corrected chi connectivity index (χ2v) is 11.5. The third-order valence-electron chi connectivity index (χ3n) is 7.09. The van der Waals surface area contributed by atoms with Crippen molar-refractivity contribution in [2.24, 2.45) is 5.41 Å². The van der Waals surface area contributed by atoms with E-state index in [-0.39, 0.29) is 12.8 Å². The van der Waals surface area contributed by atoms with Gasteiger partial charge in [0.05, 0.1) is 14.2 Å². The van der Waals surface area contributed by atoms with E-state index in [2.05, 4.69) is 67.9 Å². The number of esters is 2. The van der Waals surface area contributed by atoms with Crippen LogP contribution in [0.2, 0.25) is 0 Å². The first-order valence-electron chi connectivity index (χ1n) is 13.1. The van der Waals surface area contributed by atoms with Gasteiger partial charge in [0.25, 0.3) is 0 Å². The highest BCUT2D eigenvalue weighted by molar-refractivity contribution is 9.10. The topological polar surface area (TPSA) is 55.8 Å². The van der Waals surface area contributed by atoms with Crippen LogP contribution in [0.15, 0.2) is 69.6 Å². The summed E-state index contributed by atoms with van der Waals surface area (Å²) in [6.45, 7) is 4.57. The number of nitrogens with zero attached hydrogens (tertiary/aromatic N) is 1. The molecule has 0 aliphatic carbocycles. The van der Waals surface area contributed by atoms with Gasteiger partial charge >= 0.3 is 11.9 Å². The average Bonchev–Trinajstić information content (AvgIpc) is 2.94. The largest absolute Gasteiger partial charge is 0.468 e. The second kappa shape index (κ2) is 14.8. The Hall–Kier alpha value is -2.22. The van der Waals surface area contributed by atoms with Crippen molar-refractivity contribution in [3.63, 3.8) is 0 Å². The van der Waals surface area contributed by atoms with Crippen molar-refractivity contribution in [3.8, 4) is 0 Å². The van der Waals surface area contributed by atoms with Gasteiger partial charge in [0.2, 0.25) is 0 Å². The molecule has 0 fully saturated rings. The lowest BCUT2D eigenvalue weighted by Crippen LogP contribution is -2.41. The van der Waals surface area contributed by atoms with Crippen molar-refractivity contribution in [2.75, 3.05) is 33.9 Å². The summed E-state index contributed by atoms with van der Waals surface area (Å²) in [4.78, 5) is 28.9. The van der Waals surface area contributed by atoms with E-state index < -0.39 is 17.4 Å². The predicted octanol–water partition coefficient (Wildman–Crippen LogP) is 7.69. The third-order valence-corrected chi connectivity index (χ3v) is 8.15. The Kier molecular flexibility index (Phi) is 11.8. The van der Waals surface area contributed by atoms with Crippen molar-refractivity contribution in [3.05, 3.63) is 80.8 Å². The molecule has 2 aromatic rings. The van der Waals surface area contributed by atoms with Gasteiger partial charge < -0.3 is 9.47 Å². The molecule has 0 spiro atoms. The number of hydrogen-bond acceptors (Lipinski definition) is 5. The van der Waals surface area contributed by atoms with Crippen LogP contribution in [0.4, 0.5) is 0 Å². The lowest BCUT2D eigenvalue weighted by Gasteiger charge is -2.31. The molecule has 0 atom stereocenters. The van der Waals surface area contributed by atoms with Crippen LogP contribution in [0, 0.1) is 5.41 Å². The van der Waals surface area contributed by atoms with Gasteiger partial charge in [-0.05, 0) is 72.3 Å². The van der Waals surface area contributed by atoms with Crippen molar-refractivity contribution < 1.29 is 19.1 Å². The third kappa shape index (κ3) is 7.90. The molecule has 0 aromatic heterocycles. The Labute approximate surface area is 243 Å². The molecular formula is C31H37Br2NO4. The van der Waals surface area contributed by atoms with Gasteiger partial charge in [-0.3, -0.25) is 14.5 Å². The molecule has 1 aliphatic heterocycles. The normalized spacial score (nSPS) is 19.0. The van der Waals surface area contributed by atoms with E-state index in [1.807, 2.05) is 36.4 Å². The molecule has 1 heterocycles. The zero-order valence-corrected chi connectivity index (χ0v) is 25.6. The fourth-order valence-electron chi connectivity index (χ4n) is 4.82. The fourth-order valence-corrected chi connectivity index (χ4v) is 5.35. The highest BCUT2D eigenvalue weighted by atomic mass is 79.9. The summed E-state index contributed by atoms with van der Waals surface area (Å²) < 4.78 is 12.3. The van der Waals surface area contributed by atoms with Gasteiger partial charge in [-0.15, -0.1) is 0 Å². The van der Waals surface area contributed by atoms with E-state index in [1.165, 1.54) is 33.5 Å². The quantitative estimate of drug-likeness (QED) is 0.159. The summed E-state index contributed by atoms with van der Waals surface area (Å²) in [6.07, 6.45) is 9.13. The monoisotopic (exact) mass is 645 g/mol. The van der Waals surface area contributed by atoms with Crippen LogP contribution in [0.25, 0.3) is 11.1 Å². The number of ether oxygens (including phenoxy) is 2. The minimum Gasteiger partial charge on any atom is -0.468 e. The van der Waals surface area contributed by atoms with Gasteiger partial charge in [-0.1, -0.05) is 94.5 Å². The molecule has 1 aliphatic rings. The lowest BCUT2D eigenvalue weighted by atomic mass is 9.78. The standard InChI is InChI=1S/C31H37Br2NO4/c1-4-5-6-7-20-34-21-25(23-8-12-27(32)13-9-23)16-18-31(29(35)37-2,30(36)38-3)19-17-26(22-34)24-10-14-28(33)15-11-24/h8-17H,4-7,18-22H2,1-3H3/b25-16+,26-17+. The van der Waals surface area contributed by atoms with Crippen molar-refractivity contribution in [1.82, 2.24) is 4.90 Å². The first kappa shape index (κ1) is 30.3. The number of benzene rings is 2. The van der Waals surface area contributed by atoms with Crippen molar-refractivity contribution in [2.45, 2.75) is 45.4 Å². The highest BCUT2D eigenvalue weighted by Gasteiger charge is 2.47. The fraction of sp³-hybridized carbons (Fsp3) is 0.419. The first-order chi connectivity index (χ1) is 18.3. The number of carbonyl (C=O) groups is 2. The lowest BCUT2D eigenvalue weighted by molar-refractivity contribution is -0.168. The molecule has 0 saturated heterocycles. The molecule has 7 heteroatoms. The van der Waals surface area contributed by atoms with Crippen LogP contribution >= 0.6 is 31.9 Å². The maximum absolute atomic E-state index is 13.2. The molecule has 0 bridgehead atoms. The van der Waals surface area contributed by atoms with E-state index in [0.717, 1.165) is 44.2 Å². The summed E-state index contributed by atoms with van der Waals surface area (Å²) in [5.74, 6) is -1.17. The minimum absolute atomic E-state index is 0.186. The van der Waals surface area contributed by atoms with Crippen LogP contribution in [0.3, 0.4) is 0 Å².